The van der Waals surface area contributed by atoms with Gasteiger partial charge in [0.2, 0.25) is 0 Å². The molecule has 0 aliphatic carbocycles. The predicted molar refractivity (Wildman–Crippen MR) is 118 cm³/mol. The molecule has 0 aliphatic heterocycles. The number of hydrogen-bond acceptors (Lipinski definition) is 6. The topological polar surface area (TPSA) is 99.0 Å². The summed E-state index contributed by atoms with van der Waals surface area (Å²) in [5, 5.41) is 5.43. The maximum atomic E-state index is 12.4. The SMILES string of the molecule is CCOc1cc(C(=O)NCCNC(=O)c2ccco2)ccc1OCCOc1ccccc1. The van der Waals surface area contributed by atoms with Crippen LogP contribution in [0, 0.1) is 0 Å². The van der Waals surface area contributed by atoms with Crippen molar-refractivity contribution in [3.05, 3.63) is 78.3 Å². The van der Waals surface area contributed by atoms with Crippen LogP contribution in [0.4, 0.5) is 0 Å². The highest BCUT2D eigenvalue weighted by Crippen LogP contribution is 2.28. The monoisotopic (exact) mass is 438 g/mol. The first-order chi connectivity index (χ1) is 15.7. The summed E-state index contributed by atoms with van der Waals surface area (Å²) in [5.74, 6) is 1.39. The van der Waals surface area contributed by atoms with Crippen molar-refractivity contribution in [3.8, 4) is 17.2 Å². The maximum Gasteiger partial charge on any atom is 0.287 e. The summed E-state index contributed by atoms with van der Waals surface area (Å²) in [4.78, 5) is 24.3. The minimum atomic E-state index is -0.333. The van der Waals surface area contributed by atoms with Gasteiger partial charge in [0, 0.05) is 18.7 Å². The summed E-state index contributed by atoms with van der Waals surface area (Å²) in [7, 11) is 0. The summed E-state index contributed by atoms with van der Waals surface area (Å²) in [6, 6.07) is 17.7. The van der Waals surface area contributed by atoms with Gasteiger partial charge in [-0.05, 0) is 49.4 Å². The summed E-state index contributed by atoms with van der Waals surface area (Å²) >= 11 is 0. The Hall–Kier alpha value is -3.94. The van der Waals surface area contributed by atoms with Gasteiger partial charge in [-0.3, -0.25) is 9.59 Å². The van der Waals surface area contributed by atoms with Gasteiger partial charge < -0.3 is 29.3 Å². The Morgan fingerprint density at radius 3 is 2.28 bits per heavy atom. The fourth-order valence-electron chi connectivity index (χ4n) is 2.81. The Morgan fingerprint density at radius 2 is 1.56 bits per heavy atom. The number of carbonyl (C=O) groups excluding carboxylic acids is 2. The molecule has 8 nitrogen and oxygen atoms in total. The van der Waals surface area contributed by atoms with Crippen molar-refractivity contribution >= 4 is 11.8 Å². The van der Waals surface area contributed by atoms with Crippen LogP contribution in [-0.4, -0.2) is 44.7 Å². The molecule has 2 amide bonds. The molecule has 0 unspecified atom stereocenters. The van der Waals surface area contributed by atoms with Crippen molar-refractivity contribution in [1.82, 2.24) is 10.6 Å². The molecule has 3 rings (SSSR count). The van der Waals surface area contributed by atoms with Crippen molar-refractivity contribution in [2.24, 2.45) is 0 Å². The number of ether oxygens (including phenoxy) is 3. The van der Waals surface area contributed by atoms with Crippen LogP contribution in [0.3, 0.4) is 0 Å². The molecule has 1 aromatic heterocycles. The Morgan fingerprint density at radius 1 is 0.812 bits per heavy atom. The molecule has 0 saturated heterocycles. The van der Waals surface area contributed by atoms with E-state index >= 15 is 0 Å². The van der Waals surface area contributed by atoms with Gasteiger partial charge >= 0.3 is 0 Å². The first kappa shape index (κ1) is 22.7. The van der Waals surface area contributed by atoms with E-state index in [1.165, 1.54) is 6.26 Å². The van der Waals surface area contributed by atoms with Gasteiger partial charge in [-0.15, -0.1) is 0 Å². The van der Waals surface area contributed by atoms with E-state index < -0.39 is 0 Å². The van der Waals surface area contributed by atoms with Crippen molar-refractivity contribution in [3.63, 3.8) is 0 Å². The van der Waals surface area contributed by atoms with Crippen molar-refractivity contribution in [2.75, 3.05) is 32.9 Å². The van der Waals surface area contributed by atoms with Crippen LogP contribution < -0.4 is 24.8 Å². The van der Waals surface area contributed by atoms with Gasteiger partial charge in [0.1, 0.15) is 19.0 Å². The molecule has 2 N–H and O–H groups in total. The molecule has 3 aromatic rings. The normalized spacial score (nSPS) is 10.3. The summed E-state index contributed by atoms with van der Waals surface area (Å²) in [6.45, 7) is 3.53. The maximum absolute atomic E-state index is 12.4. The van der Waals surface area contributed by atoms with Crippen molar-refractivity contribution in [2.45, 2.75) is 6.92 Å². The highest BCUT2D eigenvalue weighted by molar-refractivity contribution is 5.95. The Balaban J connectivity index is 1.46. The summed E-state index contributed by atoms with van der Waals surface area (Å²) < 4.78 is 22.0. The number of amides is 2. The van der Waals surface area contributed by atoms with Gasteiger partial charge in [-0.2, -0.15) is 0 Å². The summed E-state index contributed by atoms with van der Waals surface area (Å²) in [5.41, 5.74) is 0.429. The number of hydrogen-bond donors (Lipinski definition) is 2. The second kappa shape index (κ2) is 12.0. The first-order valence-electron chi connectivity index (χ1n) is 10.3. The molecule has 8 heteroatoms. The van der Waals surface area contributed by atoms with Crippen LogP contribution >= 0.6 is 0 Å². The van der Waals surface area contributed by atoms with E-state index in [1.807, 2.05) is 37.3 Å². The lowest BCUT2D eigenvalue weighted by Crippen LogP contribution is -2.34. The smallest absolute Gasteiger partial charge is 0.287 e. The molecule has 0 radical (unpaired) electrons. The fraction of sp³-hybridized carbons (Fsp3) is 0.250. The number of carbonyl (C=O) groups is 2. The van der Waals surface area contributed by atoms with E-state index in [-0.39, 0.29) is 30.7 Å². The third-order valence-electron chi connectivity index (χ3n) is 4.30. The zero-order valence-corrected chi connectivity index (χ0v) is 17.8. The third kappa shape index (κ3) is 6.80. The van der Waals surface area contributed by atoms with Gasteiger partial charge in [-0.1, -0.05) is 18.2 Å². The van der Waals surface area contributed by atoms with Crippen molar-refractivity contribution < 1.29 is 28.2 Å². The van der Waals surface area contributed by atoms with E-state index in [0.29, 0.717) is 36.9 Å². The number of furan rings is 1. The largest absolute Gasteiger partial charge is 0.490 e. The van der Waals surface area contributed by atoms with Gasteiger partial charge in [0.05, 0.1) is 12.9 Å². The Labute approximate surface area is 186 Å². The molecule has 0 bridgehead atoms. The lowest BCUT2D eigenvalue weighted by molar-refractivity contribution is 0.0910. The molecular weight excluding hydrogens is 412 g/mol. The number of benzene rings is 2. The zero-order chi connectivity index (χ0) is 22.6. The minimum Gasteiger partial charge on any atom is -0.490 e. The number of rotatable bonds is 12. The Bertz CT molecular complexity index is 989. The predicted octanol–water partition coefficient (Wildman–Crippen LogP) is 3.30. The molecule has 2 aromatic carbocycles. The van der Waals surface area contributed by atoms with Gasteiger partial charge in [0.15, 0.2) is 17.3 Å². The zero-order valence-electron chi connectivity index (χ0n) is 17.8. The highest BCUT2D eigenvalue weighted by Gasteiger charge is 2.12. The molecule has 0 saturated carbocycles. The summed E-state index contributed by atoms with van der Waals surface area (Å²) in [6.07, 6.45) is 1.43. The second-order valence-corrected chi connectivity index (χ2v) is 6.59. The highest BCUT2D eigenvalue weighted by atomic mass is 16.5. The Kier molecular flexibility index (Phi) is 8.56. The van der Waals surface area contributed by atoms with Crippen LogP contribution in [0.1, 0.15) is 27.8 Å². The van der Waals surface area contributed by atoms with Crippen LogP contribution in [0.15, 0.2) is 71.3 Å². The average molecular weight is 438 g/mol. The lowest BCUT2D eigenvalue weighted by Gasteiger charge is -2.14. The van der Waals surface area contributed by atoms with Crippen LogP contribution in [0.5, 0.6) is 17.2 Å². The standard InChI is InChI=1S/C24H26N2O6/c1-2-29-22-17-18(23(27)25-12-13-26-24(28)21-9-6-14-31-21)10-11-20(22)32-16-15-30-19-7-4-3-5-8-19/h3-11,14,17H,2,12-13,15-16H2,1H3,(H,25,27)(H,26,28). The van der Waals surface area contributed by atoms with Gasteiger partial charge in [-0.25, -0.2) is 0 Å². The van der Waals surface area contributed by atoms with Crippen LogP contribution in [0.2, 0.25) is 0 Å². The molecule has 32 heavy (non-hydrogen) atoms. The molecule has 0 fully saturated rings. The lowest BCUT2D eigenvalue weighted by atomic mass is 10.2. The fourth-order valence-corrected chi connectivity index (χ4v) is 2.81. The first-order valence-corrected chi connectivity index (χ1v) is 10.3. The van der Waals surface area contributed by atoms with Crippen molar-refractivity contribution in [1.29, 1.82) is 0 Å². The quantitative estimate of drug-likeness (QED) is 0.421. The molecule has 0 spiro atoms. The number of nitrogens with one attached hydrogen (secondary N) is 2. The van der Waals surface area contributed by atoms with Gasteiger partial charge in [0.25, 0.3) is 11.8 Å². The van der Waals surface area contributed by atoms with Crippen LogP contribution in [-0.2, 0) is 0 Å². The molecule has 1 heterocycles. The third-order valence-corrected chi connectivity index (χ3v) is 4.30. The molecular formula is C24H26N2O6. The van der Waals surface area contributed by atoms with E-state index in [1.54, 1.807) is 30.3 Å². The van der Waals surface area contributed by atoms with E-state index in [2.05, 4.69) is 10.6 Å². The molecule has 0 atom stereocenters. The van der Waals surface area contributed by atoms with Crippen LogP contribution in [0.25, 0.3) is 0 Å². The van der Waals surface area contributed by atoms with E-state index in [9.17, 15) is 9.59 Å². The molecule has 0 aliphatic rings. The van der Waals surface area contributed by atoms with E-state index in [0.717, 1.165) is 5.75 Å². The average Bonchev–Trinajstić information content (AvgIpc) is 3.36. The second-order valence-electron chi connectivity index (χ2n) is 6.59. The minimum absolute atomic E-state index is 0.224. The van der Waals surface area contributed by atoms with E-state index in [4.69, 9.17) is 18.6 Å². The molecule has 168 valence electrons. The number of para-hydroxylation sites is 1.